The number of furan rings is 1. The number of hydrogen-bond acceptors (Lipinski definition) is 4. The Balaban J connectivity index is 1.40. The van der Waals surface area contributed by atoms with E-state index >= 15 is 0 Å². The van der Waals surface area contributed by atoms with Crippen LogP contribution < -0.4 is 15.6 Å². The fourth-order valence-electron chi connectivity index (χ4n) is 2.91. The fraction of sp³-hybridized carbons (Fsp3) is 0.0417. The molecule has 0 aliphatic heterocycles. The summed E-state index contributed by atoms with van der Waals surface area (Å²) in [5, 5.41) is 0.946. The normalized spacial score (nSPS) is 10.6. The first-order valence-corrected chi connectivity index (χ1v) is 9.30. The summed E-state index contributed by atoms with van der Waals surface area (Å²) in [6.07, 6.45) is 0. The first kappa shape index (κ1) is 19.3. The molecule has 1 heterocycles. The molecule has 0 unspecified atom stereocenters. The van der Waals surface area contributed by atoms with Crippen LogP contribution in [-0.4, -0.2) is 5.91 Å². The standard InChI is InChI=1S/C24H19FN2O3/c1-16(23-14-18-6-2-4-8-21(18)30-23)26-27-24(28)20-7-3-5-9-22(20)29-15-17-10-12-19(25)13-11-17/h2-14,26H,1,15H2,(H,27,28). The van der Waals surface area contributed by atoms with Crippen LogP contribution in [0.1, 0.15) is 21.7 Å². The van der Waals surface area contributed by atoms with Crippen molar-refractivity contribution in [2.45, 2.75) is 6.61 Å². The van der Waals surface area contributed by atoms with E-state index in [1.807, 2.05) is 30.3 Å². The molecule has 0 aliphatic carbocycles. The molecule has 30 heavy (non-hydrogen) atoms. The summed E-state index contributed by atoms with van der Waals surface area (Å²) in [5.74, 6) is 0.240. The highest BCUT2D eigenvalue weighted by Crippen LogP contribution is 2.23. The number of carbonyl (C=O) groups excluding carboxylic acids is 1. The van der Waals surface area contributed by atoms with Gasteiger partial charge in [-0.25, -0.2) is 4.39 Å². The van der Waals surface area contributed by atoms with Crippen LogP contribution in [0, 0.1) is 5.82 Å². The quantitative estimate of drug-likeness (QED) is 0.424. The third kappa shape index (κ3) is 4.33. The Hall–Kier alpha value is -4.06. The maximum atomic E-state index is 13.0. The summed E-state index contributed by atoms with van der Waals surface area (Å²) in [6, 6.07) is 22.3. The number of ether oxygens (including phenoxy) is 1. The highest BCUT2D eigenvalue weighted by Gasteiger charge is 2.13. The van der Waals surface area contributed by atoms with E-state index in [9.17, 15) is 9.18 Å². The van der Waals surface area contributed by atoms with Crippen LogP contribution >= 0.6 is 0 Å². The molecule has 4 rings (SSSR count). The molecule has 0 fully saturated rings. The van der Waals surface area contributed by atoms with Gasteiger partial charge in [0, 0.05) is 5.39 Å². The summed E-state index contributed by atoms with van der Waals surface area (Å²) >= 11 is 0. The molecule has 2 N–H and O–H groups in total. The van der Waals surface area contributed by atoms with Crippen molar-refractivity contribution < 1.29 is 18.3 Å². The summed E-state index contributed by atoms with van der Waals surface area (Å²) in [5.41, 5.74) is 7.69. The van der Waals surface area contributed by atoms with Crippen molar-refractivity contribution in [2.75, 3.05) is 0 Å². The number of amides is 1. The Bertz CT molecular complexity index is 1170. The molecule has 0 spiro atoms. The van der Waals surface area contributed by atoms with Crippen LogP contribution in [0.2, 0.25) is 0 Å². The predicted octanol–water partition coefficient (Wildman–Crippen LogP) is 5.06. The average molecular weight is 402 g/mol. The Labute approximate surface area is 172 Å². The number of rotatable bonds is 7. The van der Waals surface area contributed by atoms with Crippen LogP contribution in [0.3, 0.4) is 0 Å². The van der Waals surface area contributed by atoms with Gasteiger partial charge < -0.3 is 9.15 Å². The number of hydrazine groups is 1. The largest absolute Gasteiger partial charge is 0.488 e. The van der Waals surface area contributed by atoms with Gasteiger partial charge in [-0.15, -0.1) is 0 Å². The molecular formula is C24H19FN2O3. The number of halogens is 1. The van der Waals surface area contributed by atoms with E-state index in [1.165, 1.54) is 12.1 Å². The van der Waals surface area contributed by atoms with Gasteiger partial charge in [-0.05, 0) is 42.0 Å². The van der Waals surface area contributed by atoms with E-state index in [0.717, 1.165) is 16.5 Å². The minimum Gasteiger partial charge on any atom is -0.488 e. The van der Waals surface area contributed by atoms with Gasteiger partial charge in [-0.3, -0.25) is 15.6 Å². The number of benzene rings is 3. The molecule has 1 amide bonds. The van der Waals surface area contributed by atoms with Crippen LogP contribution in [0.25, 0.3) is 16.7 Å². The smallest absolute Gasteiger partial charge is 0.273 e. The maximum Gasteiger partial charge on any atom is 0.273 e. The number of para-hydroxylation sites is 2. The Kier molecular flexibility index (Phi) is 5.48. The van der Waals surface area contributed by atoms with Gasteiger partial charge >= 0.3 is 0 Å². The van der Waals surface area contributed by atoms with Gasteiger partial charge in [0.2, 0.25) is 0 Å². The lowest BCUT2D eigenvalue weighted by molar-refractivity contribution is 0.0937. The van der Waals surface area contributed by atoms with E-state index in [4.69, 9.17) is 9.15 Å². The molecule has 150 valence electrons. The second kappa shape index (κ2) is 8.53. The zero-order valence-electron chi connectivity index (χ0n) is 16.0. The van der Waals surface area contributed by atoms with Crippen molar-refractivity contribution in [1.82, 2.24) is 10.9 Å². The zero-order valence-corrected chi connectivity index (χ0v) is 16.0. The molecule has 0 saturated heterocycles. The Morgan fingerprint density at radius 1 is 0.967 bits per heavy atom. The van der Waals surface area contributed by atoms with E-state index in [0.29, 0.717) is 22.8 Å². The molecule has 5 nitrogen and oxygen atoms in total. The number of carbonyl (C=O) groups is 1. The molecule has 1 aromatic heterocycles. The Morgan fingerprint density at radius 3 is 2.50 bits per heavy atom. The molecule has 0 saturated carbocycles. The molecule has 3 aromatic carbocycles. The second-order valence-corrected chi connectivity index (χ2v) is 6.62. The predicted molar refractivity (Wildman–Crippen MR) is 113 cm³/mol. The lowest BCUT2D eigenvalue weighted by Gasteiger charge is -2.13. The molecule has 0 aliphatic rings. The van der Waals surface area contributed by atoms with Gasteiger partial charge in [0.25, 0.3) is 5.91 Å². The van der Waals surface area contributed by atoms with Crippen molar-refractivity contribution in [2.24, 2.45) is 0 Å². The lowest BCUT2D eigenvalue weighted by atomic mass is 10.2. The monoisotopic (exact) mass is 402 g/mol. The first-order chi connectivity index (χ1) is 14.6. The van der Waals surface area contributed by atoms with Gasteiger partial charge in [0.05, 0.1) is 11.3 Å². The zero-order chi connectivity index (χ0) is 20.9. The Morgan fingerprint density at radius 2 is 1.70 bits per heavy atom. The maximum absolute atomic E-state index is 13.0. The molecule has 0 radical (unpaired) electrons. The van der Waals surface area contributed by atoms with Crippen LogP contribution in [0.5, 0.6) is 5.75 Å². The summed E-state index contributed by atoms with van der Waals surface area (Å²) in [6.45, 7) is 4.12. The SMILES string of the molecule is C=C(NNC(=O)c1ccccc1OCc1ccc(F)cc1)c1cc2ccccc2o1. The number of hydrogen-bond donors (Lipinski definition) is 2. The van der Waals surface area contributed by atoms with E-state index < -0.39 is 0 Å². The van der Waals surface area contributed by atoms with Crippen LogP contribution in [0.15, 0.2) is 89.9 Å². The molecule has 4 aromatic rings. The van der Waals surface area contributed by atoms with Crippen molar-refractivity contribution in [3.05, 3.63) is 108 Å². The third-order valence-electron chi connectivity index (χ3n) is 4.49. The first-order valence-electron chi connectivity index (χ1n) is 9.30. The van der Waals surface area contributed by atoms with Gasteiger partial charge in [0.15, 0.2) is 5.76 Å². The van der Waals surface area contributed by atoms with Crippen molar-refractivity contribution in [3.63, 3.8) is 0 Å². The van der Waals surface area contributed by atoms with E-state index in [1.54, 1.807) is 36.4 Å². The fourth-order valence-corrected chi connectivity index (χ4v) is 2.91. The number of nitrogens with one attached hydrogen (secondary N) is 2. The topological polar surface area (TPSA) is 63.5 Å². The van der Waals surface area contributed by atoms with Gasteiger partial charge in [-0.2, -0.15) is 0 Å². The highest BCUT2D eigenvalue weighted by atomic mass is 19.1. The van der Waals surface area contributed by atoms with E-state index in [-0.39, 0.29) is 18.3 Å². The average Bonchev–Trinajstić information content (AvgIpc) is 3.21. The lowest BCUT2D eigenvalue weighted by Crippen LogP contribution is -2.36. The van der Waals surface area contributed by atoms with Crippen LogP contribution in [0.4, 0.5) is 4.39 Å². The van der Waals surface area contributed by atoms with Gasteiger partial charge in [0.1, 0.15) is 23.8 Å². The van der Waals surface area contributed by atoms with Crippen LogP contribution in [-0.2, 0) is 6.61 Å². The minimum absolute atomic E-state index is 0.212. The minimum atomic E-state index is -0.387. The summed E-state index contributed by atoms with van der Waals surface area (Å²) in [7, 11) is 0. The highest BCUT2D eigenvalue weighted by molar-refractivity contribution is 5.97. The third-order valence-corrected chi connectivity index (χ3v) is 4.49. The van der Waals surface area contributed by atoms with Gasteiger partial charge in [-0.1, -0.05) is 49.0 Å². The second-order valence-electron chi connectivity index (χ2n) is 6.62. The van der Waals surface area contributed by atoms with Crippen molar-refractivity contribution in [1.29, 1.82) is 0 Å². The molecule has 6 heteroatoms. The van der Waals surface area contributed by atoms with Crippen molar-refractivity contribution in [3.8, 4) is 5.75 Å². The molecule has 0 bridgehead atoms. The summed E-state index contributed by atoms with van der Waals surface area (Å²) < 4.78 is 24.5. The number of fused-ring (bicyclic) bond motifs is 1. The summed E-state index contributed by atoms with van der Waals surface area (Å²) in [4.78, 5) is 12.7. The van der Waals surface area contributed by atoms with Crippen molar-refractivity contribution >= 4 is 22.6 Å². The van der Waals surface area contributed by atoms with E-state index in [2.05, 4.69) is 17.4 Å². The molecular weight excluding hydrogens is 383 g/mol. The molecule has 0 atom stereocenters.